The third-order valence-corrected chi connectivity index (χ3v) is 3.26. The molecule has 0 atom stereocenters. The highest BCUT2D eigenvalue weighted by atomic mass is 15.1. The number of anilines is 1. The summed E-state index contributed by atoms with van der Waals surface area (Å²) in [6.07, 6.45) is 7.55. The van der Waals surface area contributed by atoms with Crippen LogP contribution in [0.3, 0.4) is 0 Å². The van der Waals surface area contributed by atoms with Crippen molar-refractivity contribution < 1.29 is 0 Å². The summed E-state index contributed by atoms with van der Waals surface area (Å²) in [6.45, 7) is 3.77. The topological polar surface area (TPSA) is 42.7 Å². The summed E-state index contributed by atoms with van der Waals surface area (Å²) in [5.74, 6) is 1.04. The number of aryl methyl sites for hydroxylation is 1. The molecule has 0 spiro atoms. The van der Waals surface area contributed by atoms with Gasteiger partial charge in [0.05, 0.1) is 6.54 Å². The summed E-state index contributed by atoms with van der Waals surface area (Å²) in [5, 5.41) is 5.77. The predicted octanol–water partition coefficient (Wildman–Crippen LogP) is 3.06. The Hall–Kier alpha value is -2.36. The Morgan fingerprint density at radius 3 is 3.05 bits per heavy atom. The van der Waals surface area contributed by atoms with E-state index in [1.54, 1.807) is 0 Å². The largest absolute Gasteiger partial charge is 0.377 e. The van der Waals surface area contributed by atoms with Crippen LogP contribution in [-0.4, -0.2) is 14.5 Å². The number of imidazole rings is 1. The van der Waals surface area contributed by atoms with E-state index in [2.05, 4.69) is 45.0 Å². The standard InChI is InChI=1S/C15H16N4/c1-2-19-9-8-17-15(19)11-18-14-5-3-4-12-6-7-16-10-13(12)14/h3-10,18H,2,11H2,1H3. The van der Waals surface area contributed by atoms with Gasteiger partial charge in [0.25, 0.3) is 0 Å². The van der Waals surface area contributed by atoms with Crippen molar-refractivity contribution in [1.29, 1.82) is 0 Å². The van der Waals surface area contributed by atoms with Crippen molar-refractivity contribution in [2.24, 2.45) is 0 Å². The maximum absolute atomic E-state index is 4.37. The zero-order valence-corrected chi connectivity index (χ0v) is 10.9. The third kappa shape index (κ3) is 2.29. The second kappa shape index (κ2) is 5.10. The normalized spacial score (nSPS) is 10.8. The molecule has 0 fully saturated rings. The first-order chi connectivity index (χ1) is 9.38. The first-order valence-corrected chi connectivity index (χ1v) is 6.45. The maximum Gasteiger partial charge on any atom is 0.128 e. The average Bonchev–Trinajstić information content (AvgIpc) is 2.92. The highest BCUT2D eigenvalue weighted by Gasteiger charge is 2.03. The van der Waals surface area contributed by atoms with E-state index < -0.39 is 0 Å². The Balaban J connectivity index is 1.86. The molecule has 1 N–H and O–H groups in total. The number of hydrogen-bond acceptors (Lipinski definition) is 3. The molecule has 4 heteroatoms. The number of fused-ring (bicyclic) bond motifs is 1. The third-order valence-electron chi connectivity index (χ3n) is 3.26. The van der Waals surface area contributed by atoms with Gasteiger partial charge < -0.3 is 9.88 Å². The lowest BCUT2D eigenvalue weighted by Crippen LogP contribution is -2.07. The van der Waals surface area contributed by atoms with E-state index in [-0.39, 0.29) is 0 Å². The Bertz CT molecular complexity index is 682. The Morgan fingerprint density at radius 2 is 2.16 bits per heavy atom. The molecule has 3 rings (SSSR count). The molecule has 0 bridgehead atoms. The molecule has 3 aromatic rings. The summed E-state index contributed by atoms with van der Waals surface area (Å²) >= 11 is 0. The molecule has 1 aromatic carbocycles. The van der Waals surface area contributed by atoms with Gasteiger partial charge in [-0.15, -0.1) is 0 Å². The van der Waals surface area contributed by atoms with E-state index >= 15 is 0 Å². The maximum atomic E-state index is 4.37. The second-order valence-corrected chi connectivity index (χ2v) is 4.39. The fourth-order valence-electron chi connectivity index (χ4n) is 2.24. The van der Waals surface area contributed by atoms with Crippen LogP contribution in [-0.2, 0) is 13.1 Å². The lowest BCUT2D eigenvalue weighted by atomic mass is 10.1. The van der Waals surface area contributed by atoms with Crippen LogP contribution < -0.4 is 5.32 Å². The van der Waals surface area contributed by atoms with Crippen molar-refractivity contribution in [2.45, 2.75) is 20.0 Å². The zero-order valence-electron chi connectivity index (χ0n) is 10.9. The minimum Gasteiger partial charge on any atom is -0.377 e. The molecule has 2 heterocycles. The molecule has 0 amide bonds. The van der Waals surface area contributed by atoms with Crippen molar-refractivity contribution in [3.8, 4) is 0 Å². The van der Waals surface area contributed by atoms with Gasteiger partial charge in [-0.25, -0.2) is 4.98 Å². The molecule has 96 valence electrons. The number of nitrogens with one attached hydrogen (secondary N) is 1. The zero-order chi connectivity index (χ0) is 13.1. The molecule has 0 aliphatic carbocycles. The number of pyridine rings is 1. The molecule has 2 aromatic heterocycles. The van der Waals surface area contributed by atoms with Gasteiger partial charge in [0, 0.05) is 42.4 Å². The van der Waals surface area contributed by atoms with Gasteiger partial charge in [-0.3, -0.25) is 4.98 Å². The second-order valence-electron chi connectivity index (χ2n) is 4.39. The minimum atomic E-state index is 0.717. The van der Waals surface area contributed by atoms with Gasteiger partial charge in [-0.1, -0.05) is 12.1 Å². The summed E-state index contributed by atoms with van der Waals surface area (Å²) in [4.78, 5) is 8.56. The van der Waals surface area contributed by atoms with Crippen LogP contribution in [0.4, 0.5) is 5.69 Å². The Morgan fingerprint density at radius 1 is 1.21 bits per heavy atom. The summed E-state index contributed by atoms with van der Waals surface area (Å²) in [6, 6.07) is 8.24. The van der Waals surface area contributed by atoms with E-state index in [0.717, 1.165) is 30.0 Å². The van der Waals surface area contributed by atoms with E-state index in [0.29, 0.717) is 0 Å². The molecule has 4 nitrogen and oxygen atoms in total. The molecule has 0 aliphatic rings. The van der Waals surface area contributed by atoms with Crippen LogP contribution >= 0.6 is 0 Å². The molecule has 19 heavy (non-hydrogen) atoms. The van der Waals surface area contributed by atoms with Crippen molar-refractivity contribution in [3.05, 3.63) is 54.9 Å². The van der Waals surface area contributed by atoms with Gasteiger partial charge in [0.15, 0.2) is 0 Å². The lowest BCUT2D eigenvalue weighted by molar-refractivity contribution is 0.708. The number of nitrogens with zero attached hydrogens (tertiary/aromatic N) is 3. The van der Waals surface area contributed by atoms with Crippen LogP contribution in [0.5, 0.6) is 0 Å². The van der Waals surface area contributed by atoms with Crippen LogP contribution in [0, 0.1) is 0 Å². The van der Waals surface area contributed by atoms with E-state index in [4.69, 9.17) is 0 Å². The molecule has 0 saturated carbocycles. The Kier molecular flexibility index (Phi) is 3.14. The molecular formula is C15H16N4. The summed E-state index contributed by atoms with van der Waals surface area (Å²) in [7, 11) is 0. The van der Waals surface area contributed by atoms with E-state index in [1.165, 1.54) is 5.39 Å². The molecular weight excluding hydrogens is 236 g/mol. The van der Waals surface area contributed by atoms with Crippen LogP contribution in [0.15, 0.2) is 49.1 Å². The van der Waals surface area contributed by atoms with E-state index in [9.17, 15) is 0 Å². The van der Waals surface area contributed by atoms with Crippen molar-refractivity contribution in [3.63, 3.8) is 0 Å². The van der Waals surface area contributed by atoms with Gasteiger partial charge in [-0.05, 0) is 24.4 Å². The van der Waals surface area contributed by atoms with Gasteiger partial charge in [-0.2, -0.15) is 0 Å². The minimum absolute atomic E-state index is 0.717. The first-order valence-electron chi connectivity index (χ1n) is 6.45. The quantitative estimate of drug-likeness (QED) is 0.776. The first kappa shape index (κ1) is 11.7. The van der Waals surface area contributed by atoms with Crippen LogP contribution in [0.25, 0.3) is 10.8 Å². The number of benzene rings is 1. The SMILES string of the molecule is CCn1ccnc1CNc1cccc2ccncc12. The fourth-order valence-corrected chi connectivity index (χ4v) is 2.24. The van der Waals surface area contributed by atoms with Gasteiger partial charge in [0.2, 0.25) is 0 Å². The highest BCUT2D eigenvalue weighted by Crippen LogP contribution is 2.22. The Labute approximate surface area is 112 Å². The number of hydrogen-bond donors (Lipinski definition) is 1. The smallest absolute Gasteiger partial charge is 0.128 e. The van der Waals surface area contributed by atoms with Crippen LogP contribution in [0.2, 0.25) is 0 Å². The fraction of sp³-hybridized carbons (Fsp3) is 0.200. The predicted molar refractivity (Wildman–Crippen MR) is 77.0 cm³/mol. The van der Waals surface area contributed by atoms with Crippen molar-refractivity contribution in [2.75, 3.05) is 5.32 Å². The lowest BCUT2D eigenvalue weighted by Gasteiger charge is -2.10. The number of rotatable bonds is 4. The van der Waals surface area contributed by atoms with Crippen molar-refractivity contribution in [1.82, 2.24) is 14.5 Å². The summed E-state index contributed by atoms with van der Waals surface area (Å²) < 4.78 is 2.14. The molecule has 0 unspecified atom stereocenters. The highest BCUT2D eigenvalue weighted by molar-refractivity contribution is 5.92. The summed E-state index contributed by atoms with van der Waals surface area (Å²) in [5.41, 5.74) is 1.09. The average molecular weight is 252 g/mol. The van der Waals surface area contributed by atoms with Gasteiger partial charge >= 0.3 is 0 Å². The van der Waals surface area contributed by atoms with E-state index in [1.807, 2.05) is 30.9 Å². The molecule has 0 saturated heterocycles. The number of aromatic nitrogens is 3. The monoisotopic (exact) mass is 252 g/mol. The van der Waals surface area contributed by atoms with Crippen molar-refractivity contribution >= 4 is 16.5 Å². The molecule has 0 radical (unpaired) electrons. The molecule has 0 aliphatic heterocycles. The van der Waals surface area contributed by atoms with Gasteiger partial charge in [0.1, 0.15) is 5.82 Å². The van der Waals surface area contributed by atoms with Crippen LogP contribution in [0.1, 0.15) is 12.7 Å².